The molecule has 8 nitrogen and oxygen atoms in total. The molecule has 0 saturated carbocycles. The van der Waals surface area contributed by atoms with E-state index < -0.39 is 10.0 Å². The van der Waals surface area contributed by atoms with Crippen LogP contribution < -0.4 is 15.4 Å². The van der Waals surface area contributed by atoms with Gasteiger partial charge in [0.2, 0.25) is 5.91 Å². The molecule has 0 aliphatic carbocycles. The maximum atomic E-state index is 12.6. The Balaban J connectivity index is 0.00000243. The van der Waals surface area contributed by atoms with Crippen LogP contribution in [0.5, 0.6) is 0 Å². The average molecular weight is 400 g/mol. The minimum absolute atomic E-state index is 0. The van der Waals surface area contributed by atoms with Gasteiger partial charge in [-0.25, -0.2) is 18.1 Å². The van der Waals surface area contributed by atoms with Crippen molar-refractivity contribution < 1.29 is 13.2 Å². The van der Waals surface area contributed by atoms with Gasteiger partial charge in [-0.15, -0.1) is 12.4 Å². The molecular weight excluding hydrogens is 378 g/mol. The third-order valence-corrected chi connectivity index (χ3v) is 5.63. The van der Waals surface area contributed by atoms with Crippen molar-refractivity contribution in [3.05, 3.63) is 35.8 Å². The second kappa shape index (κ2) is 7.65. The number of imidazole rings is 1. The van der Waals surface area contributed by atoms with E-state index in [1.54, 1.807) is 35.6 Å². The van der Waals surface area contributed by atoms with Gasteiger partial charge in [-0.1, -0.05) is 6.07 Å². The number of benzene rings is 1. The molecule has 1 amide bonds. The van der Waals surface area contributed by atoms with Crippen molar-refractivity contribution in [1.82, 2.24) is 14.3 Å². The number of aromatic nitrogens is 2. The number of nitrogens with zero attached hydrogens (tertiary/aromatic N) is 3. The SMILES string of the molecule is Cc1nc(S(=O)(=O)NCC(=O)N2CCCc3c(N)cccc32)cn1C.Cl. The predicted molar refractivity (Wildman–Crippen MR) is 102 cm³/mol. The Hall–Kier alpha value is -2.10. The summed E-state index contributed by atoms with van der Waals surface area (Å²) in [5.41, 5.74) is 8.32. The zero-order valence-electron chi connectivity index (χ0n) is 14.6. The lowest BCUT2D eigenvalue weighted by molar-refractivity contribution is -0.117. The minimum atomic E-state index is -3.84. The number of nitrogen functional groups attached to an aromatic ring is 1. The highest BCUT2D eigenvalue weighted by Crippen LogP contribution is 2.31. The maximum Gasteiger partial charge on any atom is 0.260 e. The molecule has 0 saturated heterocycles. The topological polar surface area (TPSA) is 110 Å². The zero-order valence-corrected chi connectivity index (χ0v) is 16.2. The van der Waals surface area contributed by atoms with Crippen molar-refractivity contribution in [3.8, 4) is 0 Å². The fourth-order valence-electron chi connectivity index (χ4n) is 2.89. The Morgan fingerprint density at radius 1 is 1.38 bits per heavy atom. The van der Waals surface area contributed by atoms with Gasteiger partial charge in [0.05, 0.1) is 6.54 Å². The molecule has 1 aliphatic heterocycles. The smallest absolute Gasteiger partial charge is 0.260 e. The zero-order chi connectivity index (χ0) is 18.2. The first-order chi connectivity index (χ1) is 11.8. The van der Waals surface area contributed by atoms with E-state index in [9.17, 15) is 13.2 Å². The van der Waals surface area contributed by atoms with E-state index in [2.05, 4.69) is 9.71 Å². The van der Waals surface area contributed by atoms with Crippen LogP contribution in [-0.2, 0) is 28.3 Å². The van der Waals surface area contributed by atoms with Gasteiger partial charge in [0.15, 0.2) is 5.03 Å². The molecule has 1 aromatic carbocycles. The van der Waals surface area contributed by atoms with E-state index in [0.29, 0.717) is 18.1 Å². The van der Waals surface area contributed by atoms with Crippen molar-refractivity contribution in [2.24, 2.45) is 7.05 Å². The van der Waals surface area contributed by atoms with Crippen LogP contribution in [0, 0.1) is 6.92 Å². The summed E-state index contributed by atoms with van der Waals surface area (Å²) in [4.78, 5) is 18.1. The van der Waals surface area contributed by atoms with Crippen LogP contribution in [0.15, 0.2) is 29.4 Å². The Kier molecular flexibility index (Phi) is 5.94. The fraction of sp³-hybridized carbons (Fsp3) is 0.375. The summed E-state index contributed by atoms with van der Waals surface area (Å²) in [6.45, 7) is 1.92. The van der Waals surface area contributed by atoms with E-state index in [0.717, 1.165) is 24.1 Å². The third kappa shape index (κ3) is 3.84. The van der Waals surface area contributed by atoms with Crippen molar-refractivity contribution >= 4 is 39.7 Å². The molecule has 2 aromatic rings. The molecule has 2 heterocycles. The summed E-state index contributed by atoms with van der Waals surface area (Å²) < 4.78 is 28.6. The monoisotopic (exact) mass is 399 g/mol. The average Bonchev–Trinajstić information content (AvgIpc) is 2.93. The van der Waals surface area contributed by atoms with Crippen LogP contribution in [0.25, 0.3) is 0 Å². The third-order valence-electron chi connectivity index (χ3n) is 4.36. The van der Waals surface area contributed by atoms with Crippen LogP contribution in [-0.4, -0.2) is 37.0 Å². The van der Waals surface area contributed by atoms with E-state index in [1.807, 2.05) is 6.07 Å². The Morgan fingerprint density at radius 2 is 2.12 bits per heavy atom. The van der Waals surface area contributed by atoms with E-state index in [-0.39, 0.29) is 29.9 Å². The standard InChI is InChI=1S/C16H21N5O3S.ClH/c1-11-19-15(10-20(11)2)25(23,24)18-9-16(22)21-8-4-5-12-13(17)6-3-7-14(12)21;/h3,6-7,10,18H,4-5,8-9,17H2,1-2H3;1H. The van der Waals surface area contributed by atoms with Crippen LogP contribution in [0.2, 0.25) is 0 Å². The number of fused-ring (bicyclic) bond motifs is 1. The molecule has 142 valence electrons. The molecule has 0 fully saturated rings. The molecule has 0 unspecified atom stereocenters. The Morgan fingerprint density at radius 3 is 2.77 bits per heavy atom. The molecular formula is C16H22ClN5O3S. The van der Waals surface area contributed by atoms with Gasteiger partial charge in [-0.2, -0.15) is 0 Å². The van der Waals surface area contributed by atoms with E-state index in [1.165, 1.54) is 6.20 Å². The normalized spacial score (nSPS) is 13.8. The Labute approximate surface area is 158 Å². The van der Waals surface area contributed by atoms with Gasteiger partial charge >= 0.3 is 0 Å². The van der Waals surface area contributed by atoms with Crippen LogP contribution in [0.3, 0.4) is 0 Å². The molecule has 0 radical (unpaired) electrons. The number of halogens is 1. The molecule has 10 heteroatoms. The Bertz CT molecular complexity index is 906. The summed E-state index contributed by atoms with van der Waals surface area (Å²) in [5, 5.41) is -0.0939. The number of carbonyl (C=O) groups is 1. The quantitative estimate of drug-likeness (QED) is 0.745. The molecule has 0 atom stereocenters. The van der Waals surface area contributed by atoms with Gasteiger partial charge in [-0.05, 0) is 37.5 Å². The van der Waals surface area contributed by atoms with Crippen LogP contribution in [0.1, 0.15) is 17.8 Å². The van der Waals surface area contributed by atoms with E-state index >= 15 is 0 Å². The number of nitrogens with two attached hydrogens (primary N) is 1. The minimum Gasteiger partial charge on any atom is -0.398 e. The summed E-state index contributed by atoms with van der Waals surface area (Å²) in [6.07, 6.45) is 3.02. The molecule has 0 spiro atoms. The number of anilines is 2. The molecule has 26 heavy (non-hydrogen) atoms. The maximum absolute atomic E-state index is 12.6. The van der Waals surface area contributed by atoms with Crippen molar-refractivity contribution in [3.63, 3.8) is 0 Å². The molecule has 1 aromatic heterocycles. The first-order valence-electron chi connectivity index (χ1n) is 7.97. The first kappa shape index (κ1) is 20.2. The van der Waals surface area contributed by atoms with E-state index in [4.69, 9.17) is 5.73 Å². The first-order valence-corrected chi connectivity index (χ1v) is 9.45. The van der Waals surface area contributed by atoms with Crippen molar-refractivity contribution in [2.75, 3.05) is 23.7 Å². The predicted octanol–water partition coefficient (Wildman–Crippen LogP) is 0.990. The second-order valence-corrected chi connectivity index (χ2v) is 7.77. The fourth-order valence-corrected chi connectivity index (χ4v) is 3.90. The van der Waals surface area contributed by atoms with Gasteiger partial charge in [0, 0.05) is 31.2 Å². The lowest BCUT2D eigenvalue weighted by atomic mass is 10.00. The highest BCUT2D eigenvalue weighted by Gasteiger charge is 2.26. The number of carbonyl (C=O) groups excluding carboxylic acids is 1. The summed E-state index contributed by atoms with van der Waals surface area (Å²) in [7, 11) is -2.13. The molecule has 0 bridgehead atoms. The molecule has 3 N–H and O–H groups in total. The number of aryl methyl sites for hydroxylation is 2. The highest BCUT2D eigenvalue weighted by atomic mass is 35.5. The molecule has 1 aliphatic rings. The number of amides is 1. The highest BCUT2D eigenvalue weighted by molar-refractivity contribution is 7.89. The molecule has 3 rings (SSSR count). The number of nitrogens with one attached hydrogen (secondary N) is 1. The van der Waals surface area contributed by atoms with Gasteiger partial charge in [0.1, 0.15) is 5.82 Å². The van der Waals surface area contributed by atoms with Gasteiger partial charge in [-0.3, -0.25) is 4.79 Å². The van der Waals surface area contributed by atoms with Crippen molar-refractivity contribution in [2.45, 2.75) is 24.8 Å². The summed E-state index contributed by atoms with van der Waals surface area (Å²) in [6, 6.07) is 5.43. The second-order valence-electron chi connectivity index (χ2n) is 6.06. The number of hydrogen-bond donors (Lipinski definition) is 2. The lowest BCUT2D eigenvalue weighted by Crippen LogP contribution is -2.42. The number of hydrogen-bond acceptors (Lipinski definition) is 5. The van der Waals surface area contributed by atoms with Crippen molar-refractivity contribution in [1.29, 1.82) is 0 Å². The number of rotatable bonds is 4. The number of sulfonamides is 1. The van der Waals surface area contributed by atoms with Crippen LogP contribution >= 0.6 is 12.4 Å². The summed E-state index contributed by atoms with van der Waals surface area (Å²) >= 11 is 0. The summed E-state index contributed by atoms with van der Waals surface area (Å²) in [5.74, 6) is 0.259. The lowest BCUT2D eigenvalue weighted by Gasteiger charge is -2.30. The van der Waals surface area contributed by atoms with Gasteiger partial charge < -0.3 is 15.2 Å². The largest absolute Gasteiger partial charge is 0.398 e. The van der Waals surface area contributed by atoms with Crippen LogP contribution in [0.4, 0.5) is 11.4 Å². The van der Waals surface area contributed by atoms with Gasteiger partial charge in [0.25, 0.3) is 10.0 Å².